The number of hydrogen-bond acceptors (Lipinski definition) is 4. The Morgan fingerprint density at radius 1 is 0.737 bits per heavy atom. The van der Waals surface area contributed by atoms with Crippen molar-refractivity contribution >= 4 is 23.2 Å². The summed E-state index contributed by atoms with van der Waals surface area (Å²) in [5.41, 5.74) is 2.80. The van der Waals surface area contributed by atoms with Gasteiger partial charge in [0.2, 0.25) is 11.8 Å². The Hall–Kier alpha value is -3.54. The Kier molecular flexibility index (Phi) is 4.40. The first-order chi connectivity index (χ1) is 18.1. The lowest BCUT2D eigenvalue weighted by Crippen LogP contribution is -2.66. The highest BCUT2D eigenvalue weighted by atomic mass is 16.2. The molecule has 6 heteroatoms. The van der Waals surface area contributed by atoms with Crippen molar-refractivity contribution in [1.29, 1.82) is 0 Å². The van der Waals surface area contributed by atoms with E-state index in [1.54, 1.807) is 0 Å². The van der Waals surface area contributed by atoms with Crippen LogP contribution in [0.5, 0.6) is 0 Å². The number of anilines is 2. The minimum atomic E-state index is -0.531. The molecule has 3 fully saturated rings. The molecular weight excluding hydrogens is 472 g/mol. The van der Waals surface area contributed by atoms with Gasteiger partial charge in [0, 0.05) is 22.2 Å². The van der Waals surface area contributed by atoms with E-state index in [1.807, 2.05) is 46.2 Å². The van der Waals surface area contributed by atoms with Gasteiger partial charge in [0.05, 0.1) is 0 Å². The lowest BCUT2D eigenvalue weighted by molar-refractivity contribution is -0.160. The van der Waals surface area contributed by atoms with Gasteiger partial charge in [0.1, 0.15) is 24.4 Å². The second-order valence-corrected chi connectivity index (χ2v) is 12.9. The molecule has 7 rings (SSSR count). The van der Waals surface area contributed by atoms with Crippen molar-refractivity contribution in [2.45, 2.75) is 75.8 Å². The first kappa shape index (κ1) is 23.6. The van der Waals surface area contributed by atoms with E-state index >= 15 is 0 Å². The number of fused-ring (bicyclic) bond motifs is 10. The van der Waals surface area contributed by atoms with Crippen LogP contribution in [0.15, 0.2) is 73.8 Å². The van der Waals surface area contributed by atoms with Crippen LogP contribution in [0.3, 0.4) is 0 Å². The second kappa shape index (κ2) is 7.10. The van der Waals surface area contributed by atoms with Gasteiger partial charge in [-0.3, -0.25) is 9.59 Å². The van der Waals surface area contributed by atoms with Gasteiger partial charge in [-0.05, 0) is 46.9 Å². The molecule has 2 amide bonds. The number of carbonyl (C=O) groups excluding carboxylic acids is 2. The molecule has 0 aromatic heterocycles. The number of carbonyl (C=O) groups is 2. The summed E-state index contributed by atoms with van der Waals surface area (Å²) in [6, 6.07) is 15.5. The second-order valence-electron chi connectivity index (χ2n) is 12.9. The van der Waals surface area contributed by atoms with Crippen LogP contribution in [-0.4, -0.2) is 46.0 Å². The lowest BCUT2D eigenvalue weighted by Gasteiger charge is -2.45. The van der Waals surface area contributed by atoms with Crippen LogP contribution >= 0.6 is 0 Å². The zero-order valence-electron chi connectivity index (χ0n) is 22.6. The fraction of sp³-hybridized carbons (Fsp3) is 0.438. The molecule has 6 atom stereocenters. The Balaban J connectivity index is 1.38. The van der Waals surface area contributed by atoms with E-state index in [0.29, 0.717) is 12.8 Å². The number of allylic oxidation sites excluding steroid dienone is 2. The number of rotatable bonds is 4. The molecule has 5 heterocycles. The van der Waals surface area contributed by atoms with Crippen LogP contribution in [-0.2, 0) is 20.4 Å². The van der Waals surface area contributed by atoms with Crippen LogP contribution in [0, 0.1) is 10.8 Å². The zero-order chi connectivity index (χ0) is 26.8. The minimum Gasteiger partial charge on any atom is -0.364 e. The molecule has 0 aliphatic carbocycles. The van der Waals surface area contributed by atoms with Crippen molar-refractivity contribution in [3.63, 3.8) is 0 Å². The van der Waals surface area contributed by atoms with Gasteiger partial charge in [0.25, 0.3) is 0 Å². The van der Waals surface area contributed by atoms with Crippen LogP contribution in [0.25, 0.3) is 0 Å². The SMILES string of the molecule is C=CC(C)(C)C12CC3C(=O)N4C5Nc6ccccc6[C@@]5(C(C)(C)C=C)C[C@@H]4C(=O)N3[C@@H]1Nc1ccccc12. The molecule has 2 N–H and O–H groups in total. The van der Waals surface area contributed by atoms with Crippen LogP contribution in [0.4, 0.5) is 11.4 Å². The Labute approximate surface area is 224 Å². The third-order valence-corrected chi connectivity index (χ3v) is 11.0. The summed E-state index contributed by atoms with van der Waals surface area (Å²) >= 11 is 0. The van der Waals surface area contributed by atoms with E-state index in [1.165, 1.54) is 11.1 Å². The molecule has 0 radical (unpaired) electrons. The van der Waals surface area contributed by atoms with Gasteiger partial charge < -0.3 is 20.4 Å². The molecule has 0 spiro atoms. The maximum absolute atomic E-state index is 14.6. The summed E-state index contributed by atoms with van der Waals surface area (Å²) in [6.45, 7) is 17.1. The first-order valence-electron chi connectivity index (χ1n) is 13.7. The van der Waals surface area contributed by atoms with Crippen molar-refractivity contribution in [3.8, 4) is 0 Å². The molecule has 0 bridgehead atoms. The van der Waals surface area contributed by atoms with Gasteiger partial charge in [-0.25, -0.2) is 0 Å². The number of amides is 2. The number of nitrogens with one attached hydrogen (secondary N) is 2. The van der Waals surface area contributed by atoms with Crippen LogP contribution in [0.1, 0.15) is 51.7 Å². The number of benzene rings is 2. The number of piperazine rings is 1. The Morgan fingerprint density at radius 2 is 1.11 bits per heavy atom. The smallest absolute Gasteiger partial charge is 0.247 e. The van der Waals surface area contributed by atoms with E-state index in [4.69, 9.17) is 0 Å². The third kappa shape index (κ3) is 2.37. The largest absolute Gasteiger partial charge is 0.364 e. The highest BCUT2D eigenvalue weighted by molar-refractivity contribution is 6.00. The van der Waals surface area contributed by atoms with Gasteiger partial charge in [-0.1, -0.05) is 76.2 Å². The predicted molar refractivity (Wildman–Crippen MR) is 150 cm³/mol. The van der Waals surface area contributed by atoms with Gasteiger partial charge >= 0.3 is 0 Å². The van der Waals surface area contributed by atoms with E-state index in [-0.39, 0.29) is 35.0 Å². The summed E-state index contributed by atoms with van der Waals surface area (Å²) < 4.78 is 0. The minimum absolute atomic E-state index is 0.0366. The maximum Gasteiger partial charge on any atom is 0.247 e. The topological polar surface area (TPSA) is 64.7 Å². The number of hydrogen-bond donors (Lipinski definition) is 2. The van der Waals surface area contributed by atoms with Crippen molar-refractivity contribution < 1.29 is 9.59 Å². The molecule has 38 heavy (non-hydrogen) atoms. The van der Waals surface area contributed by atoms with Gasteiger partial charge in [0.15, 0.2) is 0 Å². The summed E-state index contributed by atoms with van der Waals surface area (Å²) in [5, 5.41) is 7.36. The normalized spacial score (nSPS) is 34.4. The van der Waals surface area contributed by atoms with Crippen molar-refractivity contribution in [1.82, 2.24) is 9.80 Å². The summed E-state index contributed by atoms with van der Waals surface area (Å²) in [5.74, 6) is 0.0733. The molecule has 0 saturated carbocycles. The molecule has 6 nitrogen and oxygen atoms in total. The van der Waals surface area contributed by atoms with E-state index in [9.17, 15) is 9.59 Å². The van der Waals surface area contributed by atoms with Crippen molar-refractivity contribution in [2.24, 2.45) is 10.8 Å². The number of para-hydroxylation sites is 2. The molecule has 5 aliphatic rings. The Bertz CT molecular complexity index is 1320. The summed E-state index contributed by atoms with van der Waals surface area (Å²) in [6.07, 6.45) is 4.50. The molecule has 2 aromatic carbocycles. The first-order valence-corrected chi connectivity index (χ1v) is 13.7. The fourth-order valence-electron chi connectivity index (χ4n) is 8.66. The third-order valence-electron chi connectivity index (χ3n) is 11.0. The highest BCUT2D eigenvalue weighted by Crippen LogP contribution is 2.64. The molecular formula is C32H36N4O2. The average Bonchev–Trinajstić information content (AvgIpc) is 3.62. The average molecular weight is 509 g/mol. The predicted octanol–water partition coefficient (Wildman–Crippen LogP) is 5.01. The maximum atomic E-state index is 14.6. The van der Waals surface area contributed by atoms with E-state index < -0.39 is 22.9 Å². The molecule has 196 valence electrons. The summed E-state index contributed by atoms with van der Waals surface area (Å²) in [7, 11) is 0. The zero-order valence-corrected chi connectivity index (χ0v) is 22.6. The van der Waals surface area contributed by atoms with Crippen molar-refractivity contribution in [2.75, 3.05) is 10.6 Å². The standard InChI is InChI=1S/C32H36N4O2/c1-7-29(3,4)31-17-23-25(37)36-24(26(38)35(23)27(31)33-21-15-11-9-13-19(21)31)18-32(30(5,6)8-2)20-14-10-12-16-22(20)34-28(32)36/h7-16,23-24,27-28,33-34H,1-2,17-18H2,3-6H3/t23-,24?,27?,28+,31+,32?/m1/s1. The van der Waals surface area contributed by atoms with Gasteiger partial charge in [-0.2, -0.15) is 0 Å². The van der Waals surface area contributed by atoms with E-state index in [2.05, 4.69) is 75.8 Å². The monoisotopic (exact) mass is 508 g/mol. The summed E-state index contributed by atoms with van der Waals surface area (Å²) in [4.78, 5) is 33.0. The van der Waals surface area contributed by atoms with Crippen LogP contribution in [0.2, 0.25) is 0 Å². The van der Waals surface area contributed by atoms with Crippen LogP contribution < -0.4 is 10.6 Å². The van der Waals surface area contributed by atoms with Gasteiger partial charge in [-0.15, -0.1) is 13.2 Å². The molecule has 3 saturated heterocycles. The molecule has 3 unspecified atom stereocenters. The Morgan fingerprint density at radius 3 is 1.47 bits per heavy atom. The van der Waals surface area contributed by atoms with E-state index in [0.717, 1.165) is 11.4 Å². The molecule has 5 aliphatic heterocycles. The quantitative estimate of drug-likeness (QED) is 0.570. The fourth-order valence-corrected chi connectivity index (χ4v) is 8.66. The molecule has 2 aromatic rings. The highest BCUT2D eigenvalue weighted by Gasteiger charge is 2.73. The van der Waals surface area contributed by atoms with Crippen molar-refractivity contribution in [3.05, 3.63) is 85.0 Å². The lowest BCUT2D eigenvalue weighted by atomic mass is 9.60. The number of nitrogens with zero attached hydrogens (tertiary/aromatic N) is 2.